The van der Waals surface area contributed by atoms with E-state index in [9.17, 15) is 4.79 Å². The number of hydrogen-bond donors (Lipinski definition) is 2. The number of amides is 2. The lowest BCUT2D eigenvalue weighted by molar-refractivity contribution is 0.251. The quantitative estimate of drug-likeness (QED) is 0.533. The van der Waals surface area contributed by atoms with E-state index in [0.29, 0.717) is 6.54 Å². The number of carbonyl (C=O) groups excluding carboxylic acids is 1. The summed E-state index contributed by atoms with van der Waals surface area (Å²) < 4.78 is 0. The highest BCUT2D eigenvalue weighted by Crippen LogP contribution is 2.27. The van der Waals surface area contributed by atoms with Crippen LogP contribution in [0.1, 0.15) is 31.5 Å². The van der Waals surface area contributed by atoms with Crippen molar-refractivity contribution in [2.75, 3.05) is 81.6 Å². The molecule has 2 saturated heterocycles. The van der Waals surface area contributed by atoms with Crippen molar-refractivity contribution in [3.63, 3.8) is 0 Å². The van der Waals surface area contributed by atoms with Gasteiger partial charge in [-0.05, 0) is 77.5 Å². The molecule has 1 aromatic carbocycles. The average molecular weight is 481 g/mol. The summed E-state index contributed by atoms with van der Waals surface area (Å²) in [5.74, 6) is 2.55. The van der Waals surface area contributed by atoms with Gasteiger partial charge in [-0.3, -0.25) is 0 Å². The van der Waals surface area contributed by atoms with Gasteiger partial charge >= 0.3 is 6.03 Å². The summed E-state index contributed by atoms with van der Waals surface area (Å²) in [6.45, 7) is 10.2. The molecule has 0 unspecified atom stereocenters. The van der Waals surface area contributed by atoms with Crippen LogP contribution in [0.25, 0.3) is 0 Å². The first-order chi connectivity index (χ1) is 17.0. The van der Waals surface area contributed by atoms with Crippen LogP contribution in [0.4, 0.5) is 27.8 Å². The van der Waals surface area contributed by atoms with Gasteiger partial charge in [0.15, 0.2) is 0 Å². The third kappa shape index (κ3) is 7.29. The highest BCUT2D eigenvalue weighted by molar-refractivity contribution is 5.90. The lowest BCUT2D eigenvalue weighted by atomic mass is 10.2. The number of aromatic nitrogens is 2. The zero-order valence-electron chi connectivity index (χ0n) is 21.5. The van der Waals surface area contributed by atoms with Crippen LogP contribution in [0.15, 0.2) is 30.3 Å². The summed E-state index contributed by atoms with van der Waals surface area (Å²) in [4.78, 5) is 30.9. The zero-order valence-corrected chi connectivity index (χ0v) is 21.5. The summed E-state index contributed by atoms with van der Waals surface area (Å²) in [6, 6.07) is 9.74. The van der Waals surface area contributed by atoms with Crippen molar-refractivity contribution < 1.29 is 4.79 Å². The maximum absolute atomic E-state index is 12.4. The number of aryl methyl sites for hydroxylation is 1. The molecule has 2 amide bonds. The molecule has 9 heteroatoms. The summed E-state index contributed by atoms with van der Waals surface area (Å²) in [5.41, 5.74) is 1.71. The predicted molar refractivity (Wildman–Crippen MR) is 143 cm³/mol. The van der Waals surface area contributed by atoms with Crippen LogP contribution in [0.5, 0.6) is 0 Å². The van der Waals surface area contributed by atoms with Crippen LogP contribution in [0.2, 0.25) is 0 Å². The minimum Gasteiger partial charge on any atom is -0.354 e. The number of nitrogens with zero attached hydrogens (tertiary/aromatic N) is 6. The van der Waals surface area contributed by atoms with Crippen molar-refractivity contribution in [1.29, 1.82) is 0 Å². The number of carbonyl (C=O) groups is 1. The molecule has 3 heterocycles. The molecule has 0 bridgehead atoms. The Morgan fingerprint density at radius 3 is 2.57 bits per heavy atom. The number of urea groups is 1. The Bertz CT molecular complexity index is 970. The van der Waals surface area contributed by atoms with Crippen LogP contribution in [0, 0.1) is 6.92 Å². The smallest absolute Gasteiger partial charge is 0.319 e. The monoisotopic (exact) mass is 480 g/mol. The highest BCUT2D eigenvalue weighted by atomic mass is 16.2. The Morgan fingerprint density at radius 1 is 1.03 bits per heavy atom. The maximum atomic E-state index is 12.4. The Labute approximate surface area is 209 Å². The molecule has 2 N–H and O–H groups in total. The number of anilines is 4. The van der Waals surface area contributed by atoms with Crippen LogP contribution < -0.4 is 20.4 Å². The van der Waals surface area contributed by atoms with Gasteiger partial charge < -0.3 is 30.2 Å². The second kappa shape index (κ2) is 12.2. The average Bonchev–Trinajstić information content (AvgIpc) is 3.37. The zero-order chi connectivity index (χ0) is 24.6. The third-order valence-electron chi connectivity index (χ3n) is 6.86. The van der Waals surface area contributed by atoms with Gasteiger partial charge in [-0.2, -0.15) is 0 Å². The van der Waals surface area contributed by atoms with E-state index < -0.39 is 0 Å². The number of nitrogens with one attached hydrogen (secondary N) is 2. The molecule has 2 aromatic rings. The van der Waals surface area contributed by atoms with Gasteiger partial charge in [0.05, 0.1) is 0 Å². The van der Waals surface area contributed by atoms with Crippen LogP contribution in [-0.4, -0.2) is 92.3 Å². The fraction of sp³-hybridized carbons (Fsp3) is 0.577. The van der Waals surface area contributed by atoms with Crippen LogP contribution >= 0.6 is 0 Å². The van der Waals surface area contributed by atoms with Crippen molar-refractivity contribution in [2.24, 2.45) is 0 Å². The van der Waals surface area contributed by atoms with Gasteiger partial charge in [0.2, 0.25) is 0 Å². The van der Waals surface area contributed by atoms with Crippen LogP contribution in [0.3, 0.4) is 0 Å². The van der Waals surface area contributed by atoms with Crippen molar-refractivity contribution in [1.82, 2.24) is 25.1 Å². The number of benzene rings is 1. The number of rotatable bonds is 9. The third-order valence-corrected chi connectivity index (χ3v) is 6.86. The van der Waals surface area contributed by atoms with E-state index in [1.54, 1.807) is 0 Å². The second-order valence-electron chi connectivity index (χ2n) is 9.67. The molecular formula is C26H40N8O. The lowest BCUT2D eigenvalue weighted by Gasteiger charge is -2.33. The van der Waals surface area contributed by atoms with Crippen molar-refractivity contribution in [3.05, 3.63) is 36.2 Å². The summed E-state index contributed by atoms with van der Waals surface area (Å²) in [5, 5.41) is 5.95. The molecule has 0 spiro atoms. The van der Waals surface area contributed by atoms with Crippen molar-refractivity contribution in [3.8, 4) is 0 Å². The number of hydrogen-bond acceptors (Lipinski definition) is 7. The van der Waals surface area contributed by atoms with E-state index in [2.05, 4.69) is 42.3 Å². The van der Waals surface area contributed by atoms with E-state index in [1.807, 2.05) is 49.2 Å². The molecule has 2 aliphatic heterocycles. The summed E-state index contributed by atoms with van der Waals surface area (Å²) in [6.07, 6.45) is 4.76. The van der Waals surface area contributed by atoms with Gasteiger partial charge in [-0.1, -0.05) is 6.07 Å². The lowest BCUT2D eigenvalue weighted by Crippen LogP contribution is -2.45. The largest absolute Gasteiger partial charge is 0.354 e. The van der Waals surface area contributed by atoms with Gasteiger partial charge in [-0.25, -0.2) is 14.8 Å². The molecule has 0 atom stereocenters. The standard InChI is InChI=1S/C26H40N8O/c1-21-28-24(20-25(29-21)34-17-15-31(2)16-18-34)32(3)23-10-8-9-22(19-23)30-26(35)27-11-4-5-12-33-13-6-7-14-33/h8-10,19-20H,4-7,11-18H2,1-3H3,(H2,27,30,35). The number of likely N-dealkylation sites (N-methyl/N-ethyl adjacent to an activating group) is 1. The fourth-order valence-corrected chi connectivity index (χ4v) is 4.67. The first kappa shape index (κ1) is 25.2. The van der Waals surface area contributed by atoms with E-state index >= 15 is 0 Å². The number of likely N-dealkylation sites (tertiary alicyclic amines) is 1. The predicted octanol–water partition coefficient (Wildman–Crippen LogP) is 3.30. The molecular weight excluding hydrogens is 440 g/mol. The van der Waals surface area contributed by atoms with Gasteiger partial charge in [0.1, 0.15) is 17.5 Å². The molecule has 9 nitrogen and oxygen atoms in total. The van der Waals surface area contributed by atoms with Crippen molar-refractivity contribution in [2.45, 2.75) is 32.6 Å². The Kier molecular flexibility index (Phi) is 8.76. The normalized spacial score (nSPS) is 16.9. The molecule has 1 aromatic heterocycles. The molecule has 2 fully saturated rings. The topological polar surface area (TPSA) is 79.9 Å². The molecule has 4 rings (SSSR count). The molecule has 2 aliphatic rings. The minimum atomic E-state index is -0.166. The van der Waals surface area contributed by atoms with E-state index in [4.69, 9.17) is 0 Å². The molecule has 0 saturated carbocycles. The molecule has 190 valence electrons. The minimum absolute atomic E-state index is 0.166. The van der Waals surface area contributed by atoms with E-state index in [-0.39, 0.29) is 6.03 Å². The Hall–Kier alpha value is -2.91. The first-order valence-corrected chi connectivity index (χ1v) is 12.9. The van der Waals surface area contributed by atoms with Gasteiger partial charge in [0, 0.05) is 57.2 Å². The Balaban J connectivity index is 1.31. The van der Waals surface area contributed by atoms with E-state index in [0.717, 1.165) is 74.4 Å². The number of unbranched alkanes of at least 4 members (excludes halogenated alkanes) is 1. The molecule has 35 heavy (non-hydrogen) atoms. The summed E-state index contributed by atoms with van der Waals surface area (Å²) in [7, 11) is 4.15. The maximum Gasteiger partial charge on any atom is 0.319 e. The van der Waals surface area contributed by atoms with Gasteiger partial charge in [0.25, 0.3) is 0 Å². The molecule has 0 radical (unpaired) electrons. The fourth-order valence-electron chi connectivity index (χ4n) is 4.67. The second-order valence-corrected chi connectivity index (χ2v) is 9.67. The summed E-state index contributed by atoms with van der Waals surface area (Å²) >= 11 is 0. The van der Waals surface area contributed by atoms with Gasteiger partial charge in [-0.15, -0.1) is 0 Å². The first-order valence-electron chi connectivity index (χ1n) is 12.9. The van der Waals surface area contributed by atoms with Crippen molar-refractivity contribution >= 4 is 29.0 Å². The molecule has 0 aliphatic carbocycles. The SMILES string of the molecule is Cc1nc(N2CCN(C)CC2)cc(N(C)c2cccc(NC(=O)NCCCCN3CCCC3)c2)n1. The number of piperazine rings is 1. The van der Waals surface area contributed by atoms with E-state index in [1.165, 1.54) is 25.9 Å². The van der Waals surface area contributed by atoms with Crippen LogP contribution in [-0.2, 0) is 0 Å². The Morgan fingerprint density at radius 2 is 1.80 bits per heavy atom. The highest BCUT2D eigenvalue weighted by Gasteiger charge is 2.18.